The SMILES string of the molecule is CC(C)(C)[Si](C)(C)OCc1cncc(-c2cc(Cl)nc3c2CCC3)n1. The average molecular weight is 376 g/mol. The molecule has 3 rings (SSSR count). The summed E-state index contributed by atoms with van der Waals surface area (Å²) in [5.74, 6) is 0. The van der Waals surface area contributed by atoms with Crippen LogP contribution in [0.4, 0.5) is 0 Å². The molecule has 0 atom stereocenters. The molecule has 0 radical (unpaired) electrons. The highest BCUT2D eigenvalue weighted by Crippen LogP contribution is 2.37. The Bertz CT molecular complexity index is 787. The van der Waals surface area contributed by atoms with Crippen molar-refractivity contribution in [1.29, 1.82) is 0 Å². The first kappa shape index (κ1) is 18.5. The zero-order valence-electron chi connectivity index (χ0n) is 15.7. The average Bonchev–Trinajstić information content (AvgIpc) is 2.99. The molecule has 0 bridgehead atoms. The van der Waals surface area contributed by atoms with Gasteiger partial charge in [-0.15, -0.1) is 0 Å². The molecule has 0 saturated carbocycles. The summed E-state index contributed by atoms with van der Waals surface area (Å²) in [5.41, 5.74) is 5.16. The summed E-state index contributed by atoms with van der Waals surface area (Å²) < 4.78 is 6.29. The third kappa shape index (κ3) is 3.94. The third-order valence-electron chi connectivity index (χ3n) is 5.37. The van der Waals surface area contributed by atoms with Crippen molar-refractivity contribution in [2.75, 3.05) is 0 Å². The van der Waals surface area contributed by atoms with E-state index in [2.05, 4.69) is 43.8 Å². The van der Waals surface area contributed by atoms with Gasteiger partial charge in [-0.25, -0.2) is 9.97 Å². The zero-order chi connectivity index (χ0) is 18.2. The van der Waals surface area contributed by atoms with E-state index in [4.69, 9.17) is 21.0 Å². The Hall–Kier alpha value is -1.30. The van der Waals surface area contributed by atoms with E-state index < -0.39 is 8.32 Å². The van der Waals surface area contributed by atoms with Gasteiger partial charge < -0.3 is 4.43 Å². The van der Waals surface area contributed by atoms with Gasteiger partial charge in [0.05, 0.1) is 30.4 Å². The van der Waals surface area contributed by atoms with Crippen molar-refractivity contribution in [3.05, 3.63) is 40.6 Å². The lowest BCUT2D eigenvalue weighted by Gasteiger charge is -2.36. The second-order valence-corrected chi connectivity index (χ2v) is 13.4. The van der Waals surface area contributed by atoms with Crippen LogP contribution in [0.2, 0.25) is 23.3 Å². The van der Waals surface area contributed by atoms with Gasteiger partial charge in [-0.1, -0.05) is 32.4 Å². The van der Waals surface area contributed by atoms with Gasteiger partial charge in [-0.2, -0.15) is 0 Å². The highest BCUT2D eigenvalue weighted by atomic mass is 35.5. The summed E-state index contributed by atoms with van der Waals surface area (Å²) in [4.78, 5) is 13.6. The van der Waals surface area contributed by atoms with Crippen LogP contribution in [0.25, 0.3) is 11.3 Å². The Labute approximate surface area is 156 Å². The van der Waals surface area contributed by atoms with Crippen molar-refractivity contribution < 1.29 is 4.43 Å². The first-order valence-corrected chi connectivity index (χ1v) is 12.1. The lowest BCUT2D eigenvalue weighted by molar-refractivity contribution is 0.272. The summed E-state index contributed by atoms with van der Waals surface area (Å²) in [6.07, 6.45) is 6.74. The van der Waals surface area contributed by atoms with Crippen LogP contribution in [0.5, 0.6) is 0 Å². The van der Waals surface area contributed by atoms with Gasteiger partial charge in [-0.05, 0) is 49.0 Å². The summed E-state index contributed by atoms with van der Waals surface area (Å²) >= 11 is 6.21. The number of nitrogens with zero attached hydrogens (tertiary/aromatic N) is 3. The number of pyridine rings is 1. The molecule has 2 aromatic heterocycles. The molecule has 0 aromatic carbocycles. The second kappa shape index (κ2) is 6.78. The summed E-state index contributed by atoms with van der Waals surface area (Å²) in [6, 6.07) is 1.91. The number of fused-ring (bicyclic) bond motifs is 1. The Morgan fingerprint density at radius 3 is 2.64 bits per heavy atom. The van der Waals surface area contributed by atoms with E-state index in [9.17, 15) is 0 Å². The molecular weight excluding hydrogens is 350 g/mol. The molecule has 0 fully saturated rings. The predicted molar refractivity (Wildman–Crippen MR) is 104 cm³/mol. The first-order valence-electron chi connectivity index (χ1n) is 8.81. The molecular formula is C19H26ClN3OSi. The highest BCUT2D eigenvalue weighted by Gasteiger charge is 2.37. The van der Waals surface area contributed by atoms with Crippen LogP contribution in [-0.4, -0.2) is 23.3 Å². The quantitative estimate of drug-likeness (QED) is 0.544. The topological polar surface area (TPSA) is 47.9 Å². The molecule has 0 unspecified atom stereocenters. The number of rotatable bonds is 4. The molecule has 0 spiro atoms. The predicted octanol–water partition coefficient (Wildman–Crippen LogP) is 5.20. The van der Waals surface area contributed by atoms with Crippen LogP contribution in [0, 0.1) is 0 Å². The summed E-state index contributed by atoms with van der Waals surface area (Å²) in [7, 11) is -1.81. The van der Waals surface area contributed by atoms with Gasteiger partial charge in [0, 0.05) is 11.3 Å². The van der Waals surface area contributed by atoms with Crippen LogP contribution in [0.1, 0.15) is 44.1 Å². The number of hydrogen-bond donors (Lipinski definition) is 0. The molecule has 1 aliphatic rings. The standard InChI is InChI=1S/C19H26ClN3OSi/c1-19(2,3)25(4,5)24-12-13-10-21-11-17(22-13)15-9-18(20)23-16-8-6-7-14(15)16/h9-11H,6-8,12H2,1-5H3. The molecule has 0 aliphatic heterocycles. The van der Waals surface area contributed by atoms with E-state index >= 15 is 0 Å². The fourth-order valence-corrected chi connectivity index (χ4v) is 3.97. The van der Waals surface area contributed by atoms with Gasteiger partial charge in [0.1, 0.15) is 5.15 Å². The fraction of sp³-hybridized carbons (Fsp3) is 0.526. The molecule has 134 valence electrons. The van der Waals surface area contributed by atoms with Gasteiger partial charge in [0.15, 0.2) is 8.32 Å². The van der Waals surface area contributed by atoms with E-state index in [-0.39, 0.29) is 5.04 Å². The third-order valence-corrected chi connectivity index (χ3v) is 10.0. The Morgan fingerprint density at radius 1 is 1.16 bits per heavy atom. The summed E-state index contributed by atoms with van der Waals surface area (Å²) in [6.45, 7) is 11.7. The van der Waals surface area contributed by atoms with Crippen molar-refractivity contribution in [1.82, 2.24) is 15.0 Å². The van der Waals surface area contributed by atoms with E-state index in [1.54, 1.807) is 12.4 Å². The minimum Gasteiger partial charge on any atom is -0.411 e. The maximum atomic E-state index is 6.29. The second-order valence-electron chi connectivity index (χ2n) is 8.22. The molecule has 2 aromatic rings. The minimum atomic E-state index is -1.81. The molecule has 0 N–H and O–H groups in total. The van der Waals surface area contributed by atoms with Crippen molar-refractivity contribution in [2.24, 2.45) is 0 Å². The largest absolute Gasteiger partial charge is 0.411 e. The lowest BCUT2D eigenvalue weighted by atomic mass is 10.1. The molecule has 2 heterocycles. The fourth-order valence-electron chi connectivity index (χ4n) is 2.81. The monoisotopic (exact) mass is 375 g/mol. The Kier molecular flexibility index (Phi) is 5.01. The van der Waals surface area contributed by atoms with E-state index in [0.717, 1.165) is 41.9 Å². The zero-order valence-corrected chi connectivity index (χ0v) is 17.4. The number of halogens is 1. The van der Waals surface area contributed by atoms with Crippen LogP contribution < -0.4 is 0 Å². The Morgan fingerprint density at radius 2 is 1.92 bits per heavy atom. The van der Waals surface area contributed by atoms with Crippen molar-refractivity contribution >= 4 is 19.9 Å². The van der Waals surface area contributed by atoms with Crippen LogP contribution in [0.3, 0.4) is 0 Å². The molecule has 1 aliphatic carbocycles. The first-order chi connectivity index (χ1) is 11.7. The van der Waals surface area contributed by atoms with Crippen molar-refractivity contribution in [3.63, 3.8) is 0 Å². The van der Waals surface area contributed by atoms with E-state index in [0.29, 0.717) is 11.8 Å². The molecule has 0 saturated heterocycles. The maximum Gasteiger partial charge on any atom is 0.192 e. The van der Waals surface area contributed by atoms with Gasteiger partial charge in [0.2, 0.25) is 0 Å². The number of hydrogen-bond acceptors (Lipinski definition) is 4. The van der Waals surface area contributed by atoms with Gasteiger partial charge in [-0.3, -0.25) is 4.98 Å². The number of aromatic nitrogens is 3. The molecule has 0 amide bonds. The smallest absolute Gasteiger partial charge is 0.192 e. The van der Waals surface area contributed by atoms with Crippen LogP contribution >= 0.6 is 11.6 Å². The van der Waals surface area contributed by atoms with Crippen molar-refractivity contribution in [2.45, 2.75) is 64.8 Å². The van der Waals surface area contributed by atoms with Crippen LogP contribution in [-0.2, 0) is 23.9 Å². The normalized spacial score (nSPS) is 14.6. The lowest BCUT2D eigenvalue weighted by Crippen LogP contribution is -2.40. The molecule has 4 nitrogen and oxygen atoms in total. The molecule has 6 heteroatoms. The van der Waals surface area contributed by atoms with Crippen LogP contribution in [0.15, 0.2) is 18.5 Å². The summed E-state index contributed by atoms with van der Waals surface area (Å²) in [5, 5.41) is 0.706. The maximum absolute atomic E-state index is 6.29. The minimum absolute atomic E-state index is 0.178. The number of aryl methyl sites for hydroxylation is 1. The van der Waals surface area contributed by atoms with Gasteiger partial charge >= 0.3 is 0 Å². The Balaban J connectivity index is 1.86. The van der Waals surface area contributed by atoms with Crippen molar-refractivity contribution in [3.8, 4) is 11.3 Å². The van der Waals surface area contributed by atoms with Gasteiger partial charge in [0.25, 0.3) is 0 Å². The van der Waals surface area contributed by atoms with E-state index in [1.807, 2.05) is 6.07 Å². The highest BCUT2D eigenvalue weighted by molar-refractivity contribution is 6.74. The molecule has 25 heavy (non-hydrogen) atoms. The van der Waals surface area contributed by atoms with E-state index in [1.165, 1.54) is 5.56 Å².